The standard InChI is InChI=1S/C12H15BrN4/c1-2-12-11(7-14)15-16-17(12)8-9-5-3-4-6-10(9)13/h3-6H,2,7-8,14H2,1H3. The van der Waals surface area contributed by atoms with Crippen molar-refractivity contribution in [3.63, 3.8) is 0 Å². The van der Waals surface area contributed by atoms with E-state index in [1.165, 1.54) is 5.56 Å². The summed E-state index contributed by atoms with van der Waals surface area (Å²) >= 11 is 3.54. The molecule has 2 N–H and O–H groups in total. The van der Waals surface area contributed by atoms with Crippen LogP contribution in [0.5, 0.6) is 0 Å². The first-order valence-electron chi connectivity index (χ1n) is 5.61. The number of benzene rings is 1. The minimum Gasteiger partial charge on any atom is -0.325 e. The molecule has 4 nitrogen and oxygen atoms in total. The summed E-state index contributed by atoms with van der Waals surface area (Å²) in [6, 6.07) is 8.13. The fourth-order valence-electron chi connectivity index (χ4n) is 1.83. The number of rotatable bonds is 4. The summed E-state index contributed by atoms with van der Waals surface area (Å²) in [4.78, 5) is 0. The summed E-state index contributed by atoms with van der Waals surface area (Å²) in [6.45, 7) is 3.26. The van der Waals surface area contributed by atoms with Gasteiger partial charge in [-0.25, -0.2) is 4.68 Å². The zero-order chi connectivity index (χ0) is 12.3. The molecule has 1 aromatic carbocycles. The average molecular weight is 295 g/mol. The van der Waals surface area contributed by atoms with Crippen molar-refractivity contribution in [1.82, 2.24) is 15.0 Å². The monoisotopic (exact) mass is 294 g/mol. The Balaban J connectivity index is 2.30. The lowest BCUT2D eigenvalue weighted by atomic mass is 10.2. The molecule has 0 radical (unpaired) electrons. The number of hydrogen-bond acceptors (Lipinski definition) is 3. The highest BCUT2D eigenvalue weighted by molar-refractivity contribution is 9.10. The van der Waals surface area contributed by atoms with Gasteiger partial charge in [-0.05, 0) is 18.1 Å². The van der Waals surface area contributed by atoms with E-state index in [-0.39, 0.29) is 0 Å². The van der Waals surface area contributed by atoms with Crippen molar-refractivity contribution >= 4 is 15.9 Å². The first-order chi connectivity index (χ1) is 8.26. The molecule has 0 aliphatic carbocycles. The van der Waals surface area contributed by atoms with Crippen LogP contribution in [0.1, 0.15) is 23.9 Å². The van der Waals surface area contributed by atoms with E-state index in [9.17, 15) is 0 Å². The first kappa shape index (κ1) is 12.3. The molecule has 0 fully saturated rings. The van der Waals surface area contributed by atoms with E-state index in [1.54, 1.807) is 0 Å². The summed E-state index contributed by atoms with van der Waals surface area (Å²) in [6.07, 6.45) is 0.893. The van der Waals surface area contributed by atoms with Gasteiger partial charge in [0.25, 0.3) is 0 Å². The predicted octanol–water partition coefficient (Wildman–Crippen LogP) is 2.11. The molecular weight excluding hydrogens is 280 g/mol. The molecule has 1 heterocycles. The van der Waals surface area contributed by atoms with Gasteiger partial charge in [-0.1, -0.05) is 46.3 Å². The van der Waals surface area contributed by atoms with Gasteiger partial charge in [-0.15, -0.1) is 5.10 Å². The maximum absolute atomic E-state index is 5.64. The van der Waals surface area contributed by atoms with Gasteiger partial charge in [0.1, 0.15) is 0 Å². The lowest BCUT2D eigenvalue weighted by Gasteiger charge is -2.07. The Morgan fingerprint density at radius 1 is 1.35 bits per heavy atom. The van der Waals surface area contributed by atoms with Crippen molar-refractivity contribution < 1.29 is 0 Å². The fourth-order valence-corrected chi connectivity index (χ4v) is 2.24. The van der Waals surface area contributed by atoms with Crippen molar-refractivity contribution in [2.24, 2.45) is 5.73 Å². The third kappa shape index (κ3) is 2.56. The molecule has 0 amide bonds. The van der Waals surface area contributed by atoms with Crippen molar-refractivity contribution in [2.75, 3.05) is 0 Å². The Morgan fingerprint density at radius 2 is 2.12 bits per heavy atom. The lowest BCUT2D eigenvalue weighted by Crippen LogP contribution is -2.08. The molecule has 90 valence electrons. The molecule has 5 heteroatoms. The quantitative estimate of drug-likeness (QED) is 0.940. The zero-order valence-electron chi connectivity index (χ0n) is 9.73. The van der Waals surface area contributed by atoms with E-state index >= 15 is 0 Å². The number of halogens is 1. The van der Waals surface area contributed by atoms with E-state index in [2.05, 4.69) is 39.2 Å². The van der Waals surface area contributed by atoms with E-state index in [0.717, 1.165) is 28.8 Å². The second-order valence-corrected chi connectivity index (χ2v) is 4.64. The molecule has 0 aliphatic heterocycles. The number of nitrogens with two attached hydrogens (primary N) is 1. The van der Waals surface area contributed by atoms with Gasteiger partial charge in [-0.2, -0.15) is 0 Å². The van der Waals surface area contributed by atoms with Crippen molar-refractivity contribution in [1.29, 1.82) is 0 Å². The minimum atomic E-state index is 0.444. The van der Waals surface area contributed by atoms with Crippen LogP contribution in [0.25, 0.3) is 0 Å². The normalized spacial score (nSPS) is 10.8. The third-order valence-corrected chi connectivity index (χ3v) is 3.50. The SMILES string of the molecule is CCc1c(CN)nnn1Cc1ccccc1Br. The maximum atomic E-state index is 5.64. The summed E-state index contributed by atoms with van der Waals surface area (Å²) in [5, 5.41) is 8.26. The van der Waals surface area contributed by atoms with E-state index in [1.807, 2.05) is 22.9 Å². The Hall–Kier alpha value is -1.20. The van der Waals surface area contributed by atoms with Gasteiger partial charge in [-0.3, -0.25) is 0 Å². The Labute approximate surface area is 109 Å². The zero-order valence-corrected chi connectivity index (χ0v) is 11.3. The van der Waals surface area contributed by atoms with Gasteiger partial charge < -0.3 is 5.73 Å². The summed E-state index contributed by atoms with van der Waals surface area (Å²) in [7, 11) is 0. The Kier molecular flexibility index (Phi) is 3.91. The smallest absolute Gasteiger partial charge is 0.0994 e. The predicted molar refractivity (Wildman–Crippen MR) is 70.5 cm³/mol. The van der Waals surface area contributed by atoms with Crippen molar-refractivity contribution in [3.05, 3.63) is 45.7 Å². The molecule has 0 bridgehead atoms. The average Bonchev–Trinajstić information content (AvgIpc) is 2.74. The van der Waals surface area contributed by atoms with Crippen LogP contribution in [0.3, 0.4) is 0 Å². The van der Waals surface area contributed by atoms with Crippen LogP contribution in [-0.2, 0) is 19.5 Å². The van der Waals surface area contributed by atoms with E-state index in [0.29, 0.717) is 6.54 Å². The van der Waals surface area contributed by atoms with Crippen LogP contribution >= 0.6 is 15.9 Å². The highest BCUT2D eigenvalue weighted by atomic mass is 79.9. The summed E-state index contributed by atoms with van der Waals surface area (Å²) in [5.74, 6) is 0. The molecule has 2 rings (SSSR count). The molecule has 17 heavy (non-hydrogen) atoms. The largest absolute Gasteiger partial charge is 0.325 e. The van der Waals surface area contributed by atoms with Gasteiger partial charge in [0, 0.05) is 11.0 Å². The van der Waals surface area contributed by atoms with Crippen LogP contribution in [0.4, 0.5) is 0 Å². The van der Waals surface area contributed by atoms with Crippen LogP contribution in [0, 0.1) is 0 Å². The second-order valence-electron chi connectivity index (χ2n) is 3.79. The van der Waals surface area contributed by atoms with Crippen LogP contribution in [-0.4, -0.2) is 15.0 Å². The molecule has 0 spiro atoms. The minimum absolute atomic E-state index is 0.444. The first-order valence-corrected chi connectivity index (χ1v) is 6.40. The molecule has 2 aromatic rings. The van der Waals surface area contributed by atoms with Gasteiger partial charge >= 0.3 is 0 Å². The lowest BCUT2D eigenvalue weighted by molar-refractivity contribution is 0.620. The van der Waals surface area contributed by atoms with Crippen LogP contribution in [0.2, 0.25) is 0 Å². The molecule has 0 saturated carbocycles. The molecule has 0 aliphatic rings. The topological polar surface area (TPSA) is 56.7 Å². The van der Waals surface area contributed by atoms with E-state index in [4.69, 9.17) is 5.73 Å². The number of nitrogens with zero attached hydrogens (tertiary/aromatic N) is 3. The summed E-state index contributed by atoms with van der Waals surface area (Å²) in [5.41, 5.74) is 8.83. The maximum Gasteiger partial charge on any atom is 0.0994 e. The Morgan fingerprint density at radius 3 is 2.76 bits per heavy atom. The summed E-state index contributed by atoms with van der Waals surface area (Å²) < 4.78 is 3.01. The molecule has 0 saturated heterocycles. The van der Waals surface area contributed by atoms with Crippen molar-refractivity contribution in [2.45, 2.75) is 26.4 Å². The van der Waals surface area contributed by atoms with Gasteiger partial charge in [0.2, 0.25) is 0 Å². The second kappa shape index (κ2) is 5.42. The highest BCUT2D eigenvalue weighted by Crippen LogP contribution is 2.18. The molecule has 0 unspecified atom stereocenters. The molecule has 1 aromatic heterocycles. The van der Waals surface area contributed by atoms with E-state index < -0.39 is 0 Å². The van der Waals surface area contributed by atoms with Crippen LogP contribution in [0.15, 0.2) is 28.7 Å². The highest BCUT2D eigenvalue weighted by Gasteiger charge is 2.10. The van der Waals surface area contributed by atoms with Gasteiger partial charge in [0.15, 0.2) is 0 Å². The molecular formula is C12H15BrN4. The molecule has 0 atom stereocenters. The Bertz CT molecular complexity index is 507. The van der Waals surface area contributed by atoms with Crippen molar-refractivity contribution in [3.8, 4) is 0 Å². The van der Waals surface area contributed by atoms with Crippen LogP contribution < -0.4 is 5.73 Å². The fraction of sp³-hybridized carbons (Fsp3) is 0.333. The number of aromatic nitrogens is 3. The van der Waals surface area contributed by atoms with Gasteiger partial charge in [0.05, 0.1) is 17.9 Å². The third-order valence-electron chi connectivity index (χ3n) is 2.72. The number of hydrogen-bond donors (Lipinski definition) is 1.